The molecule has 1 atom stereocenters. The summed E-state index contributed by atoms with van der Waals surface area (Å²) in [5, 5.41) is 9.98. The zero-order chi connectivity index (χ0) is 26.3. The lowest BCUT2D eigenvalue weighted by molar-refractivity contribution is -0.121. The molecule has 11 heteroatoms. The van der Waals surface area contributed by atoms with Crippen molar-refractivity contribution in [3.8, 4) is 10.4 Å². The summed E-state index contributed by atoms with van der Waals surface area (Å²) < 4.78 is 29.6. The van der Waals surface area contributed by atoms with Crippen molar-refractivity contribution in [1.29, 1.82) is 0 Å². The molecule has 1 aromatic carbocycles. The van der Waals surface area contributed by atoms with Crippen LogP contribution in [-0.2, 0) is 21.9 Å². The van der Waals surface area contributed by atoms with Crippen LogP contribution in [0.5, 0.6) is 0 Å². The summed E-state index contributed by atoms with van der Waals surface area (Å²) in [4.78, 5) is 32.5. The van der Waals surface area contributed by atoms with Crippen molar-refractivity contribution in [2.45, 2.75) is 50.1 Å². The zero-order valence-corrected chi connectivity index (χ0v) is 22.5. The minimum absolute atomic E-state index is 0.0730. The number of aromatic carboxylic acids is 1. The molecule has 1 saturated carbocycles. The van der Waals surface area contributed by atoms with E-state index in [4.69, 9.17) is 0 Å². The number of amides is 1. The summed E-state index contributed by atoms with van der Waals surface area (Å²) in [7, 11) is -2.29. The van der Waals surface area contributed by atoms with Crippen LogP contribution in [0.25, 0.3) is 10.4 Å². The molecule has 196 valence electrons. The Morgan fingerprint density at radius 2 is 1.84 bits per heavy atom. The van der Waals surface area contributed by atoms with Gasteiger partial charge in [-0.1, -0.05) is 49.1 Å². The summed E-state index contributed by atoms with van der Waals surface area (Å²) in [5.74, 6) is -1.45. The molecule has 2 aliphatic rings. The van der Waals surface area contributed by atoms with Gasteiger partial charge in [0, 0.05) is 24.7 Å². The third-order valence-electron chi connectivity index (χ3n) is 7.28. The Balaban J connectivity index is 1.56. The number of rotatable bonds is 6. The van der Waals surface area contributed by atoms with Gasteiger partial charge < -0.3 is 14.6 Å². The van der Waals surface area contributed by atoms with E-state index in [0.29, 0.717) is 5.69 Å². The van der Waals surface area contributed by atoms with Gasteiger partial charge in [0.2, 0.25) is 5.91 Å². The number of hydrogen-bond acceptors (Lipinski definition) is 6. The van der Waals surface area contributed by atoms with E-state index >= 15 is 0 Å². The van der Waals surface area contributed by atoms with E-state index in [1.807, 2.05) is 31.2 Å². The molecule has 3 aromatic rings. The number of carbonyl (C=O) groups excluding carboxylic acids is 1. The number of carboxylic acids is 1. The second-order valence-corrected chi connectivity index (χ2v) is 12.8. The minimum atomic E-state index is -3.98. The fourth-order valence-corrected chi connectivity index (χ4v) is 7.74. The molecule has 0 radical (unpaired) electrons. The van der Waals surface area contributed by atoms with E-state index in [1.54, 1.807) is 22.6 Å². The van der Waals surface area contributed by atoms with Gasteiger partial charge in [0.1, 0.15) is 4.88 Å². The van der Waals surface area contributed by atoms with Crippen LogP contribution in [0, 0.1) is 12.8 Å². The first kappa shape index (κ1) is 25.6. The fourth-order valence-electron chi connectivity index (χ4n) is 5.37. The van der Waals surface area contributed by atoms with Crippen LogP contribution in [0.3, 0.4) is 0 Å². The van der Waals surface area contributed by atoms with Gasteiger partial charge in [0.15, 0.2) is 5.03 Å². The molecule has 1 saturated heterocycles. The summed E-state index contributed by atoms with van der Waals surface area (Å²) in [5.41, 5.74) is 2.32. The highest BCUT2D eigenvalue weighted by atomic mass is 32.2. The third kappa shape index (κ3) is 4.95. The van der Waals surface area contributed by atoms with Gasteiger partial charge in [-0.3, -0.25) is 4.79 Å². The van der Waals surface area contributed by atoms with Crippen LogP contribution in [0.4, 0.5) is 5.69 Å². The largest absolute Gasteiger partial charge is 0.477 e. The SMILES string of the molecule is Cc1ccc(-c2cc(N3C(=O)CN(S(=O)(=O)c4cn(C)cn4)C[C@H]3C3CCCCC3)c(C(=O)O)s2)cc1. The molecule has 9 nitrogen and oxygen atoms in total. The standard InChI is InChI=1S/C26H30N4O5S2/c1-17-8-10-19(11-9-17)22-12-20(25(36-22)26(32)33)30-21(18-6-4-3-5-7-18)13-29(15-24(30)31)37(34,35)23-14-28(2)16-27-23/h8-12,14,16,18,21H,3-7,13,15H2,1-2H3,(H,32,33)/t21-/m0/s1. The van der Waals surface area contributed by atoms with E-state index in [0.717, 1.165) is 59.4 Å². The smallest absolute Gasteiger partial charge is 0.348 e. The second-order valence-electron chi connectivity index (χ2n) is 9.90. The van der Waals surface area contributed by atoms with E-state index in [9.17, 15) is 23.1 Å². The van der Waals surface area contributed by atoms with E-state index < -0.39 is 27.9 Å². The minimum Gasteiger partial charge on any atom is -0.477 e. The number of anilines is 1. The van der Waals surface area contributed by atoms with Gasteiger partial charge in [-0.2, -0.15) is 4.31 Å². The highest BCUT2D eigenvalue weighted by Crippen LogP contribution is 2.42. The van der Waals surface area contributed by atoms with E-state index in [-0.39, 0.29) is 28.9 Å². The number of imidazole rings is 1. The fraction of sp³-hybridized carbons (Fsp3) is 0.423. The third-order valence-corrected chi connectivity index (χ3v) is 10.1. The van der Waals surface area contributed by atoms with Gasteiger partial charge in [0.25, 0.3) is 10.0 Å². The molecule has 0 unspecified atom stereocenters. The summed E-state index contributed by atoms with van der Waals surface area (Å²) >= 11 is 1.14. The molecule has 3 heterocycles. The summed E-state index contributed by atoms with van der Waals surface area (Å²) in [6.07, 6.45) is 7.67. The molecule has 0 spiro atoms. The Bertz CT molecular complexity index is 1420. The molecule has 2 fully saturated rings. The number of benzene rings is 1. The molecule has 1 aliphatic heterocycles. The monoisotopic (exact) mass is 542 g/mol. The maximum Gasteiger partial charge on any atom is 0.348 e. The van der Waals surface area contributed by atoms with Crippen molar-refractivity contribution < 1.29 is 23.1 Å². The van der Waals surface area contributed by atoms with Gasteiger partial charge >= 0.3 is 5.97 Å². The highest BCUT2D eigenvalue weighted by molar-refractivity contribution is 7.89. The zero-order valence-electron chi connectivity index (χ0n) is 20.8. The first-order valence-corrected chi connectivity index (χ1v) is 14.6. The molecule has 1 N–H and O–H groups in total. The van der Waals surface area contributed by atoms with Gasteiger partial charge in [-0.25, -0.2) is 18.2 Å². The van der Waals surface area contributed by atoms with Crippen LogP contribution < -0.4 is 4.90 Å². The Morgan fingerprint density at radius 3 is 2.46 bits per heavy atom. The number of carbonyl (C=O) groups is 2. The van der Waals surface area contributed by atoms with Crippen LogP contribution in [-0.4, -0.2) is 58.4 Å². The lowest BCUT2D eigenvalue weighted by atomic mass is 9.82. The van der Waals surface area contributed by atoms with Crippen molar-refractivity contribution in [1.82, 2.24) is 13.9 Å². The number of hydrogen-bond donors (Lipinski definition) is 1. The number of aromatic nitrogens is 2. The van der Waals surface area contributed by atoms with Crippen LogP contribution in [0.2, 0.25) is 0 Å². The predicted molar refractivity (Wildman–Crippen MR) is 141 cm³/mol. The Morgan fingerprint density at radius 1 is 1.14 bits per heavy atom. The average Bonchev–Trinajstić information content (AvgIpc) is 3.52. The average molecular weight is 543 g/mol. The van der Waals surface area contributed by atoms with Crippen molar-refractivity contribution in [3.05, 3.63) is 53.3 Å². The van der Waals surface area contributed by atoms with Crippen molar-refractivity contribution in [2.75, 3.05) is 18.0 Å². The topological polar surface area (TPSA) is 113 Å². The molecular weight excluding hydrogens is 512 g/mol. The molecule has 2 aromatic heterocycles. The molecule has 1 amide bonds. The first-order valence-electron chi connectivity index (χ1n) is 12.4. The van der Waals surface area contributed by atoms with Crippen LogP contribution in [0.1, 0.15) is 47.3 Å². The molecule has 1 aliphatic carbocycles. The van der Waals surface area contributed by atoms with E-state index in [2.05, 4.69) is 4.98 Å². The van der Waals surface area contributed by atoms with Gasteiger partial charge in [-0.15, -0.1) is 11.3 Å². The van der Waals surface area contributed by atoms with Gasteiger partial charge in [-0.05, 0) is 37.3 Å². The summed E-state index contributed by atoms with van der Waals surface area (Å²) in [6, 6.07) is 9.12. The van der Waals surface area contributed by atoms with Crippen LogP contribution >= 0.6 is 11.3 Å². The first-order chi connectivity index (χ1) is 17.6. The maximum atomic E-state index is 13.7. The molecular formula is C26H30N4O5S2. The maximum absolute atomic E-state index is 13.7. The second kappa shape index (κ2) is 10.0. The molecule has 0 bridgehead atoms. The van der Waals surface area contributed by atoms with Crippen molar-refractivity contribution in [2.24, 2.45) is 13.0 Å². The summed E-state index contributed by atoms with van der Waals surface area (Å²) in [6.45, 7) is 1.72. The number of carboxylic acid groups (broad SMARTS) is 1. The Kier molecular flexibility index (Phi) is 6.95. The molecule has 37 heavy (non-hydrogen) atoms. The van der Waals surface area contributed by atoms with Crippen molar-refractivity contribution >= 4 is 38.9 Å². The number of aryl methyl sites for hydroxylation is 2. The van der Waals surface area contributed by atoms with Crippen LogP contribution in [0.15, 0.2) is 47.9 Å². The van der Waals surface area contributed by atoms with E-state index in [1.165, 1.54) is 16.8 Å². The normalized spacial score (nSPS) is 19.9. The number of piperazine rings is 1. The van der Waals surface area contributed by atoms with Crippen molar-refractivity contribution in [3.63, 3.8) is 0 Å². The highest BCUT2D eigenvalue weighted by Gasteiger charge is 2.44. The number of nitrogens with zero attached hydrogens (tertiary/aromatic N) is 4. The quantitative estimate of drug-likeness (QED) is 0.501. The Hall–Kier alpha value is -3.02. The predicted octanol–water partition coefficient (Wildman–Crippen LogP) is 4.14. The van der Waals surface area contributed by atoms with Gasteiger partial charge in [0.05, 0.1) is 24.6 Å². The number of sulfonamides is 1. The Labute approximate surface area is 220 Å². The number of thiophene rings is 1. The lowest BCUT2D eigenvalue weighted by Gasteiger charge is -2.44. The molecule has 5 rings (SSSR count). The lowest BCUT2D eigenvalue weighted by Crippen LogP contribution is -2.60.